The van der Waals surface area contributed by atoms with Gasteiger partial charge in [-0.25, -0.2) is 12.8 Å². The summed E-state index contributed by atoms with van der Waals surface area (Å²) in [6, 6.07) is 0. The molecule has 0 fully saturated rings. The Bertz CT molecular complexity index is 465. The number of nitrogens with one attached hydrogen (secondary N) is 1. The van der Waals surface area contributed by atoms with Gasteiger partial charge in [0.15, 0.2) is 6.67 Å². The van der Waals surface area contributed by atoms with Crippen LogP contribution in [0.15, 0.2) is 0 Å². The predicted octanol–water partition coefficient (Wildman–Crippen LogP) is -2.57. The molecule has 0 amide bonds. The van der Waals surface area contributed by atoms with Crippen LogP contribution in [-0.4, -0.2) is 34.7 Å². The normalized spacial score (nSPS) is 14.2. The first-order chi connectivity index (χ1) is 6.77. The summed E-state index contributed by atoms with van der Waals surface area (Å²) in [6.07, 6.45) is 0. The predicted molar refractivity (Wildman–Crippen MR) is 39.1 cm³/mol. The van der Waals surface area contributed by atoms with Crippen LogP contribution < -0.4 is 33.7 Å². The minimum atomic E-state index is -6.62. The van der Waals surface area contributed by atoms with Crippen LogP contribution in [0.25, 0.3) is 0 Å². The van der Waals surface area contributed by atoms with Gasteiger partial charge in [0.1, 0.15) is 0 Å². The SMILES string of the molecule is O=S(=O)(F)NS(=O)(=O)C(F)(F)C(F)(F)CF.[H-].[Na+]. The molecule has 17 heavy (non-hydrogen) atoms. The van der Waals surface area contributed by atoms with E-state index in [1.165, 1.54) is 0 Å². The molecule has 0 bridgehead atoms. The van der Waals surface area contributed by atoms with E-state index in [0.29, 0.717) is 0 Å². The Balaban J connectivity index is -0.00000112. The molecule has 0 unspecified atom stereocenters. The second-order valence-electron chi connectivity index (χ2n) is 2.38. The van der Waals surface area contributed by atoms with Crippen LogP contribution in [0.5, 0.6) is 0 Å². The standard InChI is InChI=1S/C3H3F6NO4S2.Na.H/c4-1-2(5,6)3(7,8)15(11,12)10-16(9,13)14;;/h10H,1H2;;/q;+1;-1. The second kappa shape index (κ2) is 5.61. The molecule has 0 saturated heterocycles. The van der Waals surface area contributed by atoms with Gasteiger partial charge in [-0.1, -0.05) is 8.01 Å². The van der Waals surface area contributed by atoms with Gasteiger partial charge < -0.3 is 1.43 Å². The van der Waals surface area contributed by atoms with Crippen LogP contribution in [0.3, 0.4) is 0 Å². The Kier molecular flexibility index (Phi) is 6.52. The number of hydrogen-bond acceptors (Lipinski definition) is 4. The molecule has 1 N–H and O–H groups in total. The van der Waals surface area contributed by atoms with Gasteiger partial charge >= 0.3 is 51.1 Å². The molecule has 0 aliphatic heterocycles. The van der Waals surface area contributed by atoms with Crippen molar-refractivity contribution in [2.24, 2.45) is 0 Å². The minimum Gasteiger partial charge on any atom is -1.00 e. The van der Waals surface area contributed by atoms with Gasteiger partial charge in [0.25, 0.3) is 10.0 Å². The average molecular weight is 319 g/mol. The molecule has 0 heterocycles. The largest absolute Gasteiger partial charge is 1.00 e. The van der Waals surface area contributed by atoms with Crippen molar-refractivity contribution in [3.63, 3.8) is 0 Å². The first-order valence-corrected chi connectivity index (χ1v) is 5.93. The van der Waals surface area contributed by atoms with Gasteiger partial charge in [-0.05, 0) is 0 Å². The van der Waals surface area contributed by atoms with Crippen LogP contribution in [0, 0.1) is 0 Å². The van der Waals surface area contributed by atoms with Crippen molar-refractivity contribution in [2.45, 2.75) is 11.2 Å². The van der Waals surface area contributed by atoms with Gasteiger partial charge in [-0.15, -0.1) is 0 Å². The number of rotatable bonds is 5. The summed E-state index contributed by atoms with van der Waals surface area (Å²) in [7, 11) is -12.8. The van der Waals surface area contributed by atoms with E-state index in [1.807, 2.05) is 0 Å². The van der Waals surface area contributed by atoms with Gasteiger partial charge in [0.2, 0.25) is 0 Å². The molecule has 0 aliphatic carbocycles. The fourth-order valence-corrected chi connectivity index (χ4v) is 2.37. The van der Waals surface area contributed by atoms with Crippen molar-refractivity contribution in [1.82, 2.24) is 4.13 Å². The van der Waals surface area contributed by atoms with Gasteiger partial charge in [0, 0.05) is 0 Å². The first kappa shape index (κ1) is 19.8. The molecule has 5 nitrogen and oxygen atoms in total. The van der Waals surface area contributed by atoms with E-state index in [9.17, 15) is 42.7 Å². The maximum atomic E-state index is 12.4. The zero-order valence-corrected chi connectivity index (χ0v) is 11.6. The molecule has 100 valence electrons. The van der Waals surface area contributed by atoms with E-state index < -0.39 is 38.3 Å². The average Bonchev–Trinajstić information content (AvgIpc) is 1.99. The summed E-state index contributed by atoms with van der Waals surface area (Å²) in [5.41, 5.74) is 0. The molecule has 0 aromatic heterocycles. The zero-order chi connectivity index (χ0) is 13.4. The Morgan fingerprint density at radius 2 is 1.41 bits per heavy atom. The molecule has 14 heteroatoms. The number of sulfonamides is 1. The van der Waals surface area contributed by atoms with E-state index in [2.05, 4.69) is 0 Å². The maximum Gasteiger partial charge on any atom is 1.00 e. The summed E-state index contributed by atoms with van der Waals surface area (Å²) in [5, 5.41) is -6.12. The Hall–Kier alpha value is 0.440. The van der Waals surface area contributed by atoms with Gasteiger partial charge in [-0.3, -0.25) is 0 Å². The van der Waals surface area contributed by atoms with Crippen molar-refractivity contribution in [3.8, 4) is 0 Å². The van der Waals surface area contributed by atoms with E-state index in [0.717, 1.165) is 0 Å². The summed E-state index contributed by atoms with van der Waals surface area (Å²) in [4.78, 5) is 0. The van der Waals surface area contributed by atoms with E-state index >= 15 is 0 Å². The second-order valence-corrected chi connectivity index (χ2v) is 5.44. The molecule has 0 aliphatic rings. The quantitative estimate of drug-likeness (QED) is 0.343. The molecule has 0 aromatic carbocycles. The Morgan fingerprint density at radius 3 is 1.65 bits per heavy atom. The minimum absolute atomic E-state index is 0. The maximum absolute atomic E-state index is 12.4. The zero-order valence-electron chi connectivity index (χ0n) is 8.92. The topological polar surface area (TPSA) is 80.3 Å². The van der Waals surface area contributed by atoms with Crippen molar-refractivity contribution in [3.05, 3.63) is 0 Å². The summed E-state index contributed by atoms with van der Waals surface area (Å²) in [6.45, 7) is -3.08. The molecule has 0 atom stereocenters. The molecule has 0 saturated carbocycles. The molecule has 0 spiro atoms. The van der Waals surface area contributed by atoms with Crippen LogP contribution >= 0.6 is 0 Å². The van der Waals surface area contributed by atoms with Crippen molar-refractivity contribution in [1.29, 1.82) is 0 Å². The number of alkyl halides is 5. The van der Waals surface area contributed by atoms with Crippen LogP contribution in [-0.2, 0) is 20.4 Å². The molecule has 0 rings (SSSR count). The smallest absolute Gasteiger partial charge is 1.00 e. The van der Waals surface area contributed by atoms with Crippen molar-refractivity contribution in [2.75, 3.05) is 6.67 Å². The number of hydrogen-bond donors (Lipinski definition) is 1. The van der Waals surface area contributed by atoms with E-state index in [4.69, 9.17) is 0 Å². The molecule has 0 aromatic rings. The summed E-state index contributed by atoms with van der Waals surface area (Å²) in [5.74, 6) is -5.69. The van der Waals surface area contributed by atoms with Crippen LogP contribution in [0.2, 0.25) is 0 Å². The van der Waals surface area contributed by atoms with Crippen LogP contribution in [0.1, 0.15) is 1.43 Å². The Labute approximate surface area is 116 Å². The molecular weight excluding hydrogens is 315 g/mol. The van der Waals surface area contributed by atoms with E-state index in [-0.39, 0.29) is 35.1 Å². The van der Waals surface area contributed by atoms with E-state index in [1.54, 1.807) is 0 Å². The third-order valence-corrected chi connectivity index (χ3v) is 3.79. The van der Waals surface area contributed by atoms with Gasteiger partial charge in [-0.2, -0.15) is 26.0 Å². The van der Waals surface area contributed by atoms with Crippen molar-refractivity contribution >= 4 is 20.4 Å². The van der Waals surface area contributed by atoms with Crippen LogP contribution in [0.4, 0.5) is 25.8 Å². The number of halogens is 6. The fraction of sp³-hybridized carbons (Fsp3) is 1.00. The monoisotopic (exact) mass is 319 g/mol. The summed E-state index contributed by atoms with van der Waals surface area (Å²) < 4.78 is 112. The van der Waals surface area contributed by atoms with Gasteiger partial charge in [0.05, 0.1) is 0 Å². The first-order valence-electron chi connectivity index (χ1n) is 3.06. The third-order valence-electron chi connectivity index (χ3n) is 1.14. The summed E-state index contributed by atoms with van der Waals surface area (Å²) >= 11 is 0. The fourth-order valence-electron chi connectivity index (χ4n) is 0.458. The Morgan fingerprint density at radius 1 is 1.06 bits per heavy atom. The molecular formula is C3H4F6NNaO4S2. The molecule has 0 radical (unpaired) electrons. The third kappa shape index (κ3) is 4.55. The van der Waals surface area contributed by atoms with Crippen molar-refractivity contribution < 1.29 is 73.7 Å².